The van der Waals surface area contributed by atoms with Gasteiger partial charge in [0, 0.05) is 42.0 Å². The highest BCUT2D eigenvalue weighted by Gasteiger charge is 2.77. The lowest BCUT2D eigenvalue weighted by Gasteiger charge is -2.41. The highest BCUT2D eigenvalue weighted by Crippen LogP contribution is 2.69. The summed E-state index contributed by atoms with van der Waals surface area (Å²) in [6.07, 6.45) is -1.15. The summed E-state index contributed by atoms with van der Waals surface area (Å²) in [5.41, 5.74) is -1.43. The molecule has 6 rings (SSSR count). The molecule has 5 atom stereocenters. The van der Waals surface area contributed by atoms with Gasteiger partial charge in [-0.2, -0.15) is 0 Å². The molecule has 1 aliphatic carbocycles. The summed E-state index contributed by atoms with van der Waals surface area (Å²) in [5, 5.41) is 25.2. The fourth-order valence-electron chi connectivity index (χ4n) is 6.83. The van der Waals surface area contributed by atoms with Crippen LogP contribution in [0.15, 0.2) is 65.1 Å². The summed E-state index contributed by atoms with van der Waals surface area (Å²) in [5.74, 6) is -0.484. The number of methoxy groups -OCH3 is 1. The van der Waals surface area contributed by atoms with Crippen LogP contribution in [0.5, 0.6) is 11.6 Å². The lowest BCUT2D eigenvalue weighted by atomic mass is 9.71. The monoisotopic (exact) mass is 602 g/mol. The predicted molar refractivity (Wildman–Crippen MR) is 145 cm³/mol. The van der Waals surface area contributed by atoms with E-state index < -0.39 is 35.3 Å². The third-order valence-corrected chi connectivity index (χ3v) is 9.17. The van der Waals surface area contributed by atoms with Crippen molar-refractivity contribution in [1.29, 1.82) is 0 Å². The molecule has 0 bridgehead atoms. The van der Waals surface area contributed by atoms with E-state index in [0.717, 1.165) is 10.0 Å². The Hall–Kier alpha value is -2.23. The van der Waals surface area contributed by atoms with Crippen molar-refractivity contribution >= 4 is 27.5 Å². The first kappa shape index (κ1) is 26.0. The molecule has 3 aliphatic rings. The van der Waals surface area contributed by atoms with Gasteiger partial charge in [0.25, 0.3) is 0 Å². The van der Waals surface area contributed by atoms with Crippen LogP contribution in [-0.4, -0.2) is 59.1 Å². The van der Waals surface area contributed by atoms with Crippen molar-refractivity contribution in [2.75, 3.05) is 26.7 Å². The van der Waals surface area contributed by atoms with Gasteiger partial charge in [0.05, 0.1) is 18.8 Å². The van der Waals surface area contributed by atoms with Gasteiger partial charge in [-0.05, 0) is 36.1 Å². The maximum absolute atomic E-state index is 14.0. The van der Waals surface area contributed by atoms with Crippen LogP contribution in [0.1, 0.15) is 35.4 Å². The Kier molecular flexibility index (Phi) is 6.68. The van der Waals surface area contributed by atoms with E-state index in [-0.39, 0.29) is 16.6 Å². The van der Waals surface area contributed by atoms with Crippen LogP contribution < -0.4 is 9.47 Å². The first-order valence-corrected chi connectivity index (χ1v) is 14.0. The lowest BCUT2D eigenvalue weighted by molar-refractivity contribution is -0.152. The zero-order valence-corrected chi connectivity index (χ0v) is 23.2. The fraction of sp³-hybridized carbons (Fsp3) is 0.414. The summed E-state index contributed by atoms with van der Waals surface area (Å²) in [7, 11) is 1.45. The van der Waals surface area contributed by atoms with Crippen LogP contribution in [0.25, 0.3) is 0 Å². The molecule has 2 N–H and O–H groups in total. The number of benzene rings is 2. The van der Waals surface area contributed by atoms with E-state index in [1.54, 1.807) is 6.07 Å². The summed E-state index contributed by atoms with van der Waals surface area (Å²) in [6.45, 7) is 1.65. The van der Waals surface area contributed by atoms with E-state index >= 15 is 0 Å². The second kappa shape index (κ2) is 9.75. The molecule has 1 aromatic heterocycles. The van der Waals surface area contributed by atoms with E-state index in [0.29, 0.717) is 43.8 Å². The van der Waals surface area contributed by atoms with Crippen molar-refractivity contribution in [1.82, 2.24) is 9.88 Å². The Labute approximate surface area is 234 Å². The van der Waals surface area contributed by atoms with Crippen molar-refractivity contribution in [2.45, 2.75) is 42.2 Å². The zero-order valence-electron chi connectivity index (χ0n) is 20.9. The van der Waals surface area contributed by atoms with Crippen molar-refractivity contribution in [3.05, 3.63) is 87.0 Å². The number of hydrogen-bond donors (Lipinski definition) is 2. The van der Waals surface area contributed by atoms with Crippen LogP contribution in [-0.2, 0) is 11.2 Å². The van der Waals surface area contributed by atoms with Crippen molar-refractivity contribution in [3.8, 4) is 11.6 Å². The first-order chi connectivity index (χ1) is 18.3. The molecule has 6 nitrogen and oxygen atoms in total. The molecule has 9 heteroatoms. The lowest BCUT2D eigenvalue weighted by Crippen LogP contribution is -2.52. The number of ether oxygens (including phenoxy) is 2. The maximum Gasteiger partial charge on any atom is 0.224 e. The number of halogens is 3. The number of aliphatic hydroxyl groups is 2. The number of pyridine rings is 1. The van der Waals surface area contributed by atoms with Crippen LogP contribution >= 0.6 is 27.5 Å². The molecular weight excluding hydrogens is 575 g/mol. The van der Waals surface area contributed by atoms with E-state index in [1.165, 1.54) is 7.11 Å². The molecule has 3 heterocycles. The van der Waals surface area contributed by atoms with Gasteiger partial charge in [0.1, 0.15) is 17.1 Å². The van der Waals surface area contributed by atoms with Gasteiger partial charge in [-0.1, -0.05) is 70.0 Å². The second-order valence-electron chi connectivity index (χ2n) is 10.4. The molecule has 1 saturated carbocycles. The minimum Gasteiger partial charge on any atom is -0.481 e. The van der Waals surface area contributed by atoms with E-state index in [2.05, 4.69) is 25.8 Å². The van der Waals surface area contributed by atoms with E-state index in [1.807, 2.05) is 54.6 Å². The Morgan fingerprint density at radius 3 is 2.50 bits per heavy atom. The number of aromatic nitrogens is 1. The molecular formula is C29H29BrClFN2O4. The minimum atomic E-state index is -1.91. The molecule has 0 spiro atoms. The number of likely N-dealkylation sites (tertiary alicyclic amines) is 1. The number of aliphatic hydroxyl groups excluding tert-OH is 1. The molecule has 38 heavy (non-hydrogen) atoms. The SMILES string of the molecule is COc1nc(Cl)cc2c1C1(O)C(O)C(CN3CCC(F)CC3)C(c3ccccc3)C1(c1ccc(Br)cc1)O2. The Morgan fingerprint density at radius 2 is 1.84 bits per heavy atom. The molecule has 200 valence electrons. The molecule has 0 amide bonds. The third-order valence-electron chi connectivity index (χ3n) is 8.45. The molecule has 2 aliphatic heterocycles. The number of nitrogens with zero attached hydrogens (tertiary/aromatic N) is 2. The summed E-state index contributed by atoms with van der Waals surface area (Å²) < 4.78 is 27.3. The highest BCUT2D eigenvalue weighted by molar-refractivity contribution is 9.10. The first-order valence-electron chi connectivity index (χ1n) is 12.8. The van der Waals surface area contributed by atoms with Gasteiger partial charge < -0.3 is 24.6 Å². The third kappa shape index (κ3) is 3.79. The van der Waals surface area contributed by atoms with Crippen LogP contribution in [0.3, 0.4) is 0 Å². The Bertz CT molecular complexity index is 1320. The van der Waals surface area contributed by atoms with Gasteiger partial charge in [0.15, 0.2) is 11.2 Å². The van der Waals surface area contributed by atoms with Gasteiger partial charge in [-0.15, -0.1) is 0 Å². The molecule has 3 aromatic rings. The van der Waals surface area contributed by atoms with E-state index in [4.69, 9.17) is 21.1 Å². The number of rotatable bonds is 5. The Balaban J connectivity index is 1.60. The number of piperidine rings is 1. The van der Waals surface area contributed by atoms with Crippen LogP contribution in [0, 0.1) is 5.92 Å². The second-order valence-corrected chi connectivity index (χ2v) is 11.7. The number of fused-ring (bicyclic) bond motifs is 3. The van der Waals surface area contributed by atoms with E-state index in [9.17, 15) is 14.6 Å². The number of alkyl halides is 1. The van der Waals surface area contributed by atoms with Gasteiger partial charge in [0.2, 0.25) is 5.88 Å². The molecule has 2 aromatic carbocycles. The quantitative estimate of drug-likeness (QED) is 0.391. The molecule has 0 radical (unpaired) electrons. The average molecular weight is 604 g/mol. The maximum atomic E-state index is 14.0. The smallest absolute Gasteiger partial charge is 0.224 e. The highest BCUT2D eigenvalue weighted by atomic mass is 79.9. The number of hydrogen-bond acceptors (Lipinski definition) is 6. The molecule has 2 fully saturated rings. The largest absolute Gasteiger partial charge is 0.481 e. The van der Waals surface area contributed by atoms with Crippen molar-refractivity contribution in [3.63, 3.8) is 0 Å². The van der Waals surface area contributed by atoms with Gasteiger partial charge in [-0.25, -0.2) is 9.37 Å². The van der Waals surface area contributed by atoms with Crippen LogP contribution in [0.4, 0.5) is 4.39 Å². The molecule has 5 unspecified atom stereocenters. The molecule has 1 saturated heterocycles. The fourth-order valence-corrected chi connectivity index (χ4v) is 7.27. The van der Waals surface area contributed by atoms with Crippen molar-refractivity contribution in [2.24, 2.45) is 5.92 Å². The summed E-state index contributed by atoms with van der Waals surface area (Å²) >= 11 is 9.84. The topological polar surface area (TPSA) is 75.0 Å². The normalized spacial score (nSPS) is 31.1. The van der Waals surface area contributed by atoms with Gasteiger partial charge >= 0.3 is 0 Å². The Morgan fingerprint density at radius 1 is 1.16 bits per heavy atom. The average Bonchev–Trinajstić information content (AvgIpc) is 3.28. The zero-order chi connectivity index (χ0) is 26.7. The van der Waals surface area contributed by atoms with Gasteiger partial charge in [-0.3, -0.25) is 0 Å². The standard InChI is InChI=1S/C29H29BrClFN2O4/c1-37-27-25-22(15-23(31)33-27)38-29(18-7-9-19(30)10-8-18)24(17-5-3-2-4-6-17)21(26(35)28(25,29)36)16-34-13-11-20(32)12-14-34/h2-10,15,20-21,24,26,35-36H,11-14,16H2,1H3. The summed E-state index contributed by atoms with van der Waals surface area (Å²) in [4.78, 5) is 6.50. The summed E-state index contributed by atoms with van der Waals surface area (Å²) in [6, 6.07) is 19.0. The van der Waals surface area contributed by atoms with Crippen LogP contribution in [0.2, 0.25) is 5.15 Å². The van der Waals surface area contributed by atoms with Crippen molar-refractivity contribution < 1.29 is 24.1 Å². The minimum absolute atomic E-state index is 0.110. The predicted octanol–water partition coefficient (Wildman–Crippen LogP) is 5.19.